The van der Waals surface area contributed by atoms with Crippen LogP contribution in [0.15, 0.2) is 97.1 Å². The molecule has 192 valence electrons. The van der Waals surface area contributed by atoms with Gasteiger partial charge in [0.05, 0.1) is 0 Å². The van der Waals surface area contributed by atoms with Gasteiger partial charge < -0.3 is 10.2 Å². The first-order valence-corrected chi connectivity index (χ1v) is 13.3. The van der Waals surface area contributed by atoms with Crippen LogP contribution in [-0.2, 0) is 23.7 Å². The fourth-order valence-corrected chi connectivity index (χ4v) is 5.45. The highest BCUT2D eigenvalue weighted by atomic mass is 16.3. The quantitative estimate of drug-likeness (QED) is 0.245. The molecular weight excluding hydrogens is 452 g/mol. The molecular formula is C35H40O2. The minimum absolute atomic E-state index is 0.00193. The van der Waals surface area contributed by atoms with E-state index in [4.69, 9.17) is 0 Å². The fourth-order valence-electron chi connectivity index (χ4n) is 5.45. The average molecular weight is 493 g/mol. The summed E-state index contributed by atoms with van der Waals surface area (Å²) in [7, 11) is 0. The minimum atomic E-state index is 0.00193. The van der Waals surface area contributed by atoms with E-state index in [0.717, 1.165) is 19.3 Å². The lowest BCUT2D eigenvalue weighted by Gasteiger charge is -2.27. The predicted molar refractivity (Wildman–Crippen MR) is 155 cm³/mol. The second kappa shape index (κ2) is 10.8. The first-order chi connectivity index (χ1) is 17.6. The largest absolute Gasteiger partial charge is 0.508 e. The normalized spacial score (nSPS) is 12.2. The SMILES string of the molecule is CCC(c1ccc(C(C)(C)Cc2ccc(O)cc2)cc1)c1ccc(C(C)(C)Cc2ccc(O)cc2)cc1. The molecule has 0 spiro atoms. The Balaban J connectivity index is 1.48. The van der Waals surface area contributed by atoms with E-state index in [1.165, 1.54) is 33.4 Å². The van der Waals surface area contributed by atoms with Crippen molar-refractivity contribution in [1.29, 1.82) is 0 Å². The van der Waals surface area contributed by atoms with Crippen molar-refractivity contribution in [2.24, 2.45) is 0 Å². The standard InChI is InChI=1S/C35H40O2/c1-6-33(27-11-15-29(16-12-27)34(2,3)23-25-7-19-31(36)20-8-25)28-13-17-30(18-14-28)35(4,5)24-26-9-21-32(37)22-10-26/h7-22,33,36-37H,6,23-24H2,1-5H3. The summed E-state index contributed by atoms with van der Waals surface area (Å²) in [4.78, 5) is 0. The molecule has 2 heteroatoms. The van der Waals surface area contributed by atoms with Gasteiger partial charge in [0.15, 0.2) is 0 Å². The number of benzene rings is 4. The Hall–Kier alpha value is -3.52. The van der Waals surface area contributed by atoms with Crippen LogP contribution < -0.4 is 0 Å². The van der Waals surface area contributed by atoms with Crippen LogP contribution in [0.3, 0.4) is 0 Å². The highest BCUT2D eigenvalue weighted by Gasteiger charge is 2.24. The first kappa shape index (κ1) is 26.5. The van der Waals surface area contributed by atoms with E-state index in [0.29, 0.717) is 17.4 Å². The van der Waals surface area contributed by atoms with E-state index in [2.05, 4.69) is 83.1 Å². The molecule has 0 unspecified atom stereocenters. The third-order valence-electron chi connectivity index (χ3n) is 7.76. The van der Waals surface area contributed by atoms with Crippen molar-refractivity contribution >= 4 is 0 Å². The van der Waals surface area contributed by atoms with Gasteiger partial charge in [-0.3, -0.25) is 0 Å². The molecule has 0 bridgehead atoms. The number of rotatable bonds is 9. The maximum atomic E-state index is 9.59. The lowest BCUT2D eigenvalue weighted by atomic mass is 9.77. The lowest BCUT2D eigenvalue weighted by molar-refractivity contribution is 0.473. The van der Waals surface area contributed by atoms with Crippen molar-refractivity contribution in [2.45, 2.75) is 70.6 Å². The van der Waals surface area contributed by atoms with E-state index in [1.807, 2.05) is 24.3 Å². The Morgan fingerprint density at radius 3 is 1.14 bits per heavy atom. The molecule has 0 heterocycles. The Kier molecular flexibility index (Phi) is 7.78. The Bertz CT molecular complexity index is 1180. The van der Waals surface area contributed by atoms with Crippen molar-refractivity contribution in [1.82, 2.24) is 0 Å². The van der Waals surface area contributed by atoms with E-state index < -0.39 is 0 Å². The summed E-state index contributed by atoms with van der Waals surface area (Å²) in [6.07, 6.45) is 2.89. The zero-order valence-electron chi connectivity index (χ0n) is 22.8. The van der Waals surface area contributed by atoms with Crippen molar-refractivity contribution < 1.29 is 10.2 Å². The van der Waals surface area contributed by atoms with E-state index in [-0.39, 0.29) is 10.8 Å². The number of phenols is 2. The summed E-state index contributed by atoms with van der Waals surface area (Å²) in [5, 5.41) is 19.2. The fraction of sp³-hybridized carbons (Fsp3) is 0.314. The van der Waals surface area contributed by atoms with Gasteiger partial charge in [0.1, 0.15) is 11.5 Å². The summed E-state index contributed by atoms with van der Waals surface area (Å²) < 4.78 is 0. The van der Waals surface area contributed by atoms with Gasteiger partial charge in [0, 0.05) is 5.92 Å². The summed E-state index contributed by atoms with van der Waals surface area (Å²) in [6, 6.07) is 33.4. The molecule has 0 radical (unpaired) electrons. The summed E-state index contributed by atoms with van der Waals surface area (Å²) in [6.45, 7) is 11.4. The van der Waals surface area contributed by atoms with Gasteiger partial charge >= 0.3 is 0 Å². The third-order valence-corrected chi connectivity index (χ3v) is 7.76. The topological polar surface area (TPSA) is 40.5 Å². The van der Waals surface area contributed by atoms with Gasteiger partial charge in [-0.2, -0.15) is 0 Å². The second-order valence-electron chi connectivity index (χ2n) is 11.7. The Morgan fingerprint density at radius 1 is 0.514 bits per heavy atom. The zero-order valence-corrected chi connectivity index (χ0v) is 22.8. The second-order valence-corrected chi connectivity index (χ2v) is 11.7. The van der Waals surface area contributed by atoms with Crippen molar-refractivity contribution in [2.75, 3.05) is 0 Å². The molecule has 0 amide bonds. The minimum Gasteiger partial charge on any atom is -0.508 e. The van der Waals surface area contributed by atoms with E-state index >= 15 is 0 Å². The number of aromatic hydroxyl groups is 2. The van der Waals surface area contributed by atoms with Crippen LogP contribution >= 0.6 is 0 Å². The molecule has 2 N–H and O–H groups in total. The first-order valence-electron chi connectivity index (χ1n) is 13.3. The van der Waals surface area contributed by atoms with Crippen LogP contribution in [0.4, 0.5) is 0 Å². The molecule has 0 aliphatic rings. The molecule has 0 aliphatic heterocycles. The Morgan fingerprint density at radius 2 is 0.838 bits per heavy atom. The molecule has 0 saturated carbocycles. The van der Waals surface area contributed by atoms with E-state index in [9.17, 15) is 10.2 Å². The smallest absolute Gasteiger partial charge is 0.115 e. The van der Waals surface area contributed by atoms with Gasteiger partial charge in [-0.25, -0.2) is 0 Å². The molecule has 0 saturated heterocycles. The highest BCUT2D eigenvalue weighted by Crippen LogP contribution is 2.34. The highest BCUT2D eigenvalue weighted by molar-refractivity contribution is 5.40. The van der Waals surface area contributed by atoms with E-state index in [1.54, 1.807) is 24.3 Å². The molecule has 37 heavy (non-hydrogen) atoms. The number of phenolic OH excluding ortho intramolecular Hbond substituents is 2. The predicted octanol–water partition coefficient (Wildman–Crippen LogP) is 8.68. The molecule has 0 aromatic heterocycles. The molecule has 4 rings (SSSR count). The zero-order chi connectivity index (χ0) is 26.6. The van der Waals surface area contributed by atoms with Crippen LogP contribution in [0.5, 0.6) is 11.5 Å². The number of hydrogen-bond acceptors (Lipinski definition) is 2. The molecule has 0 aliphatic carbocycles. The molecule has 0 fully saturated rings. The summed E-state index contributed by atoms with van der Waals surface area (Å²) in [5.41, 5.74) is 7.81. The number of hydrogen-bond donors (Lipinski definition) is 2. The van der Waals surface area contributed by atoms with Crippen LogP contribution in [0, 0.1) is 0 Å². The van der Waals surface area contributed by atoms with Crippen molar-refractivity contribution in [3.63, 3.8) is 0 Å². The maximum absolute atomic E-state index is 9.59. The molecule has 0 atom stereocenters. The molecule has 2 nitrogen and oxygen atoms in total. The third kappa shape index (κ3) is 6.43. The van der Waals surface area contributed by atoms with Gasteiger partial charge in [-0.1, -0.05) is 107 Å². The summed E-state index contributed by atoms with van der Waals surface area (Å²) >= 11 is 0. The van der Waals surface area contributed by atoms with Crippen LogP contribution in [0.1, 0.15) is 80.3 Å². The van der Waals surface area contributed by atoms with Gasteiger partial charge in [0.25, 0.3) is 0 Å². The van der Waals surface area contributed by atoms with Crippen LogP contribution in [-0.4, -0.2) is 10.2 Å². The van der Waals surface area contributed by atoms with Crippen LogP contribution in [0.2, 0.25) is 0 Å². The monoisotopic (exact) mass is 492 g/mol. The van der Waals surface area contributed by atoms with Gasteiger partial charge in [-0.15, -0.1) is 0 Å². The Labute approximate surface area is 222 Å². The summed E-state index contributed by atoms with van der Waals surface area (Å²) in [5.74, 6) is 0.986. The molecule has 4 aromatic carbocycles. The van der Waals surface area contributed by atoms with Crippen molar-refractivity contribution in [3.8, 4) is 11.5 Å². The maximum Gasteiger partial charge on any atom is 0.115 e. The van der Waals surface area contributed by atoms with Gasteiger partial charge in [0.2, 0.25) is 0 Å². The average Bonchev–Trinajstić information content (AvgIpc) is 2.88. The lowest BCUT2D eigenvalue weighted by Crippen LogP contribution is -2.21. The van der Waals surface area contributed by atoms with Gasteiger partial charge in [-0.05, 0) is 87.7 Å². The molecule has 4 aromatic rings. The van der Waals surface area contributed by atoms with Crippen molar-refractivity contribution in [3.05, 3.63) is 130 Å². The van der Waals surface area contributed by atoms with Crippen LogP contribution in [0.25, 0.3) is 0 Å².